The molecule has 2 N–H and O–H groups in total. The van der Waals surface area contributed by atoms with E-state index < -0.39 is 0 Å². The van der Waals surface area contributed by atoms with Crippen LogP contribution in [0.2, 0.25) is 0 Å². The summed E-state index contributed by atoms with van der Waals surface area (Å²) >= 11 is 1.49. The molecule has 0 atom stereocenters. The predicted molar refractivity (Wildman–Crippen MR) is 77.8 cm³/mol. The number of nitrogens with zero attached hydrogens (tertiary/aromatic N) is 1. The van der Waals surface area contributed by atoms with E-state index >= 15 is 0 Å². The zero-order valence-electron chi connectivity index (χ0n) is 11.1. The summed E-state index contributed by atoms with van der Waals surface area (Å²) in [6, 6.07) is 6.51. The van der Waals surface area contributed by atoms with Crippen molar-refractivity contribution in [3.05, 3.63) is 39.3 Å². The second-order valence-corrected chi connectivity index (χ2v) is 5.71. The van der Waals surface area contributed by atoms with Crippen LogP contribution < -0.4 is 5.73 Å². The van der Waals surface area contributed by atoms with Crippen molar-refractivity contribution in [2.75, 3.05) is 5.73 Å². The molecule has 3 heteroatoms. The monoisotopic (exact) mass is 256 g/mol. The Labute approximate surface area is 112 Å². The van der Waals surface area contributed by atoms with Crippen molar-refractivity contribution >= 4 is 17.0 Å². The molecule has 2 rings (SSSR count). The Kier molecular flexibility index (Phi) is 3.14. The lowest BCUT2D eigenvalue weighted by Gasteiger charge is -2.10. The maximum absolute atomic E-state index is 9.07. The Balaban J connectivity index is 2.75. The van der Waals surface area contributed by atoms with E-state index in [0.29, 0.717) is 10.6 Å². The van der Waals surface area contributed by atoms with Crippen molar-refractivity contribution in [1.29, 1.82) is 5.26 Å². The van der Waals surface area contributed by atoms with Crippen molar-refractivity contribution in [2.24, 2.45) is 0 Å². The first-order valence-corrected chi connectivity index (χ1v) is 6.64. The maximum Gasteiger partial charge on any atom is 0.128 e. The highest BCUT2D eigenvalue weighted by Gasteiger charge is 2.16. The summed E-state index contributed by atoms with van der Waals surface area (Å²) in [6.45, 7) is 8.30. The zero-order chi connectivity index (χ0) is 13.4. The minimum atomic E-state index is 0.613. The van der Waals surface area contributed by atoms with Gasteiger partial charge in [-0.2, -0.15) is 5.26 Å². The summed E-state index contributed by atoms with van der Waals surface area (Å²) < 4.78 is 0. The standard InChI is InChI=1S/C15H16N2S/c1-8-5-9(2)13(10(3)6-8)15-11(4)14(17)12(7-16)18-15/h5-6H,17H2,1-4H3. The number of nitriles is 1. The van der Waals surface area contributed by atoms with E-state index in [1.54, 1.807) is 0 Å². The Morgan fingerprint density at radius 2 is 1.67 bits per heavy atom. The van der Waals surface area contributed by atoms with Crippen molar-refractivity contribution in [3.63, 3.8) is 0 Å². The third-order valence-corrected chi connectivity index (χ3v) is 4.43. The second kappa shape index (κ2) is 4.47. The second-order valence-electron chi connectivity index (χ2n) is 4.68. The number of benzene rings is 1. The van der Waals surface area contributed by atoms with Gasteiger partial charge >= 0.3 is 0 Å². The van der Waals surface area contributed by atoms with E-state index in [4.69, 9.17) is 11.0 Å². The molecule has 0 unspecified atom stereocenters. The van der Waals surface area contributed by atoms with Gasteiger partial charge in [-0.1, -0.05) is 17.7 Å². The lowest BCUT2D eigenvalue weighted by Crippen LogP contribution is -1.91. The molecule has 0 fully saturated rings. The van der Waals surface area contributed by atoms with Gasteiger partial charge in [0.25, 0.3) is 0 Å². The third kappa shape index (κ3) is 1.89. The van der Waals surface area contributed by atoms with Gasteiger partial charge in [0, 0.05) is 4.88 Å². The summed E-state index contributed by atoms with van der Waals surface area (Å²) in [6.07, 6.45) is 0. The minimum Gasteiger partial charge on any atom is -0.397 e. The van der Waals surface area contributed by atoms with E-state index in [2.05, 4.69) is 39.0 Å². The molecular weight excluding hydrogens is 240 g/mol. The summed E-state index contributed by atoms with van der Waals surface area (Å²) in [5.74, 6) is 0. The smallest absolute Gasteiger partial charge is 0.128 e. The lowest BCUT2D eigenvalue weighted by atomic mass is 9.97. The van der Waals surface area contributed by atoms with Crippen LogP contribution in [0, 0.1) is 39.0 Å². The van der Waals surface area contributed by atoms with E-state index in [1.165, 1.54) is 33.6 Å². The van der Waals surface area contributed by atoms with Gasteiger partial charge in [0.1, 0.15) is 10.9 Å². The van der Waals surface area contributed by atoms with Gasteiger partial charge in [-0.05, 0) is 49.9 Å². The first-order valence-electron chi connectivity index (χ1n) is 5.83. The highest BCUT2D eigenvalue weighted by Crippen LogP contribution is 2.40. The van der Waals surface area contributed by atoms with Gasteiger partial charge in [0.2, 0.25) is 0 Å². The molecule has 0 bridgehead atoms. The van der Waals surface area contributed by atoms with Crippen LogP contribution in [0.4, 0.5) is 5.69 Å². The SMILES string of the molecule is Cc1cc(C)c(-c2sc(C#N)c(N)c2C)c(C)c1. The summed E-state index contributed by atoms with van der Waals surface area (Å²) in [4.78, 5) is 1.74. The number of anilines is 1. The number of thiophene rings is 1. The first-order chi connectivity index (χ1) is 8.45. The Bertz CT molecular complexity index is 637. The van der Waals surface area contributed by atoms with Crippen LogP contribution in [-0.2, 0) is 0 Å². The summed E-state index contributed by atoms with van der Waals surface area (Å²) in [5.41, 5.74) is 12.6. The number of hydrogen-bond donors (Lipinski definition) is 1. The normalized spacial score (nSPS) is 10.4. The van der Waals surface area contributed by atoms with Gasteiger partial charge in [0.15, 0.2) is 0 Å². The van der Waals surface area contributed by atoms with Gasteiger partial charge in [0.05, 0.1) is 5.69 Å². The number of hydrogen-bond acceptors (Lipinski definition) is 3. The first kappa shape index (κ1) is 12.7. The van der Waals surface area contributed by atoms with Crippen LogP contribution in [0.25, 0.3) is 10.4 Å². The molecule has 1 aromatic carbocycles. The molecule has 2 nitrogen and oxygen atoms in total. The topological polar surface area (TPSA) is 49.8 Å². The van der Waals surface area contributed by atoms with Crippen LogP contribution >= 0.6 is 11.3 Å². The average molecular weight is 256 g/mol. The van der Waals surface area contributed by atoms with Gasteiger partial charge in [-0.3, -0.25) is 0 Å². The highest BCUT2D eigenvalue weighted by atomic mass is 32.1. The van der Waals surface area contributed by atoms with E-state index in [0.717, 1.165) is 10.4 Å². The molecule has 92 valence electrons. The van der Waals surface area contributed by atoms with Crippen molar-refractivity contribution in [1.82, 2.24) is 0 Å². The molecule has 2 aromatic rings. The van der Waals surface area contributed by atoms with Gasteiger partial charge < -0.3 is 5.73 Å². The fraction of sp³-hybridized carbons (Fsp3) is 0.267. The summed E-state index contributed by atoms with van der Waals surface area (Å²) in [7, 11) is 0. The average Bonchev–Trinajstić information content (AvgIpc) is 2.56. The molecule has 0 saturated heterocycles. The van der Waals surface area contributed by atoms with Crippen LogP contribution in [0.15, 0.2) is 12.1 Å². The third-order valence-electron chi connectivity index (χ3n) is 3.20. The van der Waals surface area contributed by atoms with Crippen LogP contribution in [0.1, 0.15) is 27.1 Å². The molecule has 0 aliphatic carbocycles. The molecule has 1 heterocycles. The zero-order valence-corrected chi connectivity index (χ0v) is 11.9. The molecule has 18 heavy (non-hydrogen) atoms. The van der Waals surface area contributed by atoms with Crippen molar-refractivity contribution in [2.45, 2.75) is 27.7 Å². The Morgan fingerprint density at radius 1 is 1.11 bits per heavy atom. The number of nitrogens with two attached hydrogens (primary N) is 1. The van der Waals surface area contributed by atoms with Gasteiger partial charge in [-0.25, -0.2) is 0 Å². The number of rotatable bonds is 1. The van der Waals surface area contributed by atoms with Gasteiger partial charge in [-0.15, -0.1) is 11.3 Å². The molecule has 0 spiro atoms. The van der Waals surface area contributed by atoms with E-state index in [1.807, 2.05) is 6.92 Å². The largest absolute Gasteiger partial charge is 0.397 e. The molecule has 0 radical (unpaired) electrons. The minimum absolute atomic E-state index is 0.613. The van der Waals surface area contributed by atoms with E-state index in [-0.39, 0.29) is 0 Å². The Morgan fingerprint density at radius 3 is 2.11 bits per heavy atom. The molecule has 0 saturated carbocycles. The molecule has 1 aromatic heterocycles. The lowest BCUT2D eigenvalue weighted by molar-refractivity contribution is 1.32. The Hall–Kier alpha value is -1.79. The molecule has 0 amide bonds. The number of nitrogen functional groups attached to an aromatic ring is 1. The van der Waals surface area contributed by atoms with Crippen LogP contribution in [0.3, 0.4) is 0 Å². The van der Waals surface area contributed by atoms with Crippen LogP contribution in [-0.4, -0.2) is 0 Å². The summed E-state index contributed by atoms with van der Waals surface area (Å²) in [5, 5.41) is 9.07. The molecule has 0 aliphatic heterocycles. The fourth-order valence-corrected chi connectivity index (χ4v) is 3.59. The van der Waals surface area contributed by atoms with E-state index in [9.17, 15) is 0 Å². The van der Waals surface area contributed by atoms with Crippen molar-refractivity contribution < 1.29 is 0 Å². The van der Waals surface area contributed by atoms with Crippen LogP contribution in [0.5, 0.6) is 0 Å². The molecule has 0 aliphatic rings. The molecular formula is C15H16N2S. The quantitative estimate of drug-likeness (QED) is 0.835. The predicted octanol–water partition coefficient (Wildman–Crippen LogP) is 4.10. The number of aryl methyl sites for hydroxylation is 3. The highest BCUT2D eigenvalue weighted by molar-refractivity contribution is 7.16. The maximum atomic E-state index is 9.07. The van der Waals surface area contributed by atoms with Crippen molar-refractivity contribution in [3.8, 4) is 16.5 Å². The fourth-order valence-electron chi connectivity index (χ4n) is 2.39.